The van der Waals surface area contributed by atoms with Crippen molar-refractivity contribution < 1.29 is 8.42 Å². The topological polar surface area (TPSA) is 70.6 Å². The van der Waals surface area contributed by atoms with Crippen molar-refractivity contribution in [3.8, 4) is 0 Å². The zero-order valence-corrected chi connectivity index (χ0v) is 13.1. The first-order valence-corrected chi connectivity index (χ1v) is 8.50. The highest BCUT2D eigenvalue weighted by molar-refractivity contribution is 7.91. The van der Waals surface area contributed by atoms with Gasteiger partial charge in [0.2, 0.25) is 0 Å². The van der Waals surface area contributed by atoms with Crippen molar-refractivity contribution in [3.05, 3.63) is 35.4 Å². The van der Waals surface area contributed by atoms with Gasteiger partial charge in [-0.05, 0) is 18.1 Å². The second-order valence-corrected chi connectivity index (χ2v) is 6.99. The molecule has 1 aromatic carbocycles. The summed E-state index contributed by atoms with van der Waals surface area (Å²) in [5, 5.41) is 6.18. The number of sulfone groups is 1. The van der Waals surface area contributed by atoms with Crippen LogP contribution in [0, 0.1) is 6.92 Å². The Morgan fingerprint density at radius 1 is 1.25 bits per heavy atom. The molecule has 2 N–H and O–H groups in total. The standard InChI is InChI=1S/C14H23N3O2S/c1-4-20(18,19)10-9-16-14(15-3)17-11-13-8-6-5-7-12(13)2/h5-8H,4,9-11H2,1-3H3,(H2,15,16,17). The van der Waals surface area contributed by atoms with Gasteiger partial charge in [-0.2, -0.15) is 0 Å². The first-order valence-electron chi connectivity index (χ1n) is 6.68. The lowest BCUT2D eigenvalue weighted by Gasteiger charge is -2.13. The highest BCUT2D eigenvalue weighted by Crippen LogP contribution is 2.05. The monoisotopic (exact) mass is 297 g/mol. The quantitative estimate of drug-likeness (QED) is 0.609. The van der Waals surface area contributed by atoms with Gasteiger partial charge in [0.05, 0.1) is 5.75 Å². The van der Waals surface area contributed by atoms with Gasteiger partial charge in [-0.25, -0.2) is 8.42 Å². The Bertz CT molecular complexity index is 553. The number of hydrogen-bond donors (Lipinski definition) is 2. The Balaban J connectivity index is 2.43. The van der Waals surface area contributed by atoms with E-state index >= 15 is 0 Å². The molecular weight excluding hydrogens is 274 g/mol. The number of nitrogens with one attached hydrogen (secondary N) is 2. The molecule has 0 amide bonds. The third kappa shape index (κ3) is 5.61. The van der Waals surface area contributed by atoms with E-state index in [-0.39, 0.29) is 11.5 Å². The Morgan fingerprint density at radius 2 is 1.95 bits per heavy atom. The molecule has 0 aliphatic carbocycles. The van der Waals surface area contributed by atoms with Crippen molar-refractivity contribution >= 4 is 15.8 Å². The molecule has 0 spiro atoms. The minimum absolute atomic E-state index is 0.120. The van der Waals surface area contributed by atoms with E-state index in [0.717, 1.165) is 0 Å². The van der Waals surface area contributed by atoms with Crippen molar-refractivity contribution in [3.63, 3.8) is 0 Å². The molecule has 112 valence electrons. The Morgan fingerprint density at radius 3 is 2.55 bits per heavy atom. The number of hydrogen-bond acceptors (Lipinski definition) is 3. The maximum Gasteiger partial charge on any atom is 0.191 e. The highest BCUT2D eigenvalue weighted by atomic mass is 32.2. The SMILES string of the molecule is CCS(=O)(=O)CCNC(=NC)NCc1ccccc1C. The number of aryl methyl sites for hydroxylation is 1. The summed E-state index contributed by atoms with van der Waals surface area (Å²) in [6, 6.07) is 8.10. The summed E-state index contributed by atoms with van der Waals surface area (Å²) in [7, 11) is -1.27. The molecule has 0 aliphatic rings. The lowest BCUT2D eigenvalue weighted by molar-refractivity contribution is 0.595. The second-order valence-electron chi connectivity index (χ2n) is 4.52. The molecule has 1 aromatic rings. The van der Waals surface area contributed by atoms with E-state index in [0.29, 0.717) is 19.0 Å². The van der Waals surface area contributed by atoms with E-state index < -0.39 is 9.84 Å². The van der Waals surface area contributed by atoms with Gasteiger partial charge in [0.15, 0.2) is 15.8 Å². The fraction of sp³-hybridized carbons (Fsp3) is 0.500. The normalized spacial score (nSPS) is 12.2. The summed E-state index contributed by atoms with van der Waals surface area (Å²) in [5.41, 5.74) is 2.40. The highest BCUT2D eigenvalue weighted by Gasteiger charge is 2.07. The molecule has 0 fully saturated rings. The zero-order chi connectivity index (χ0) is 15.0. The van der Waals surface area contributed by atoms with Crippen LogP contribution in [0.5, 0.6) is 0 Å². The van der Waals surface area contributed by atoms with E-state index in [1.165, 1.54) is 11.1 Å². The summed E-state index contributed by atoms with van der Waals surface area (Å²) in [5.74, 6) is 0.901. The van der Waals surface area contributed by atoms with Crippen LogP contribution >= 0.6 is 0 Å². The molecule has 5 nitrogen and oxygen atoms in total. The van der Waals surface area contributed by atoms with Crippen molar-refractivity contribution in [1.29, 1.82) is 0 Å². The molecule has 0 heterocycles. The molecule has 0 unspecified atom stereocenters. The van der Waals surface area contributed by atoms with Gasteiger partial charge in [-0.1, -0.05) is 31.2 Å². The van der Waals surface area contributed by atoms with Gasteiger partial charge < -0.3 is 10.6 Å². The van der Waals surface area contributed by atoms with E-state index in [9.17, 15) is 8.42 Å². The van der Waals surface area contributed by atoms with Crippen LogP contribution in [0.2, 0.25) is 0 Å². The van der Waals surface area contributed by atoms with Crippen LogP contribution < -0.4 is 10.6 Å². The molecule has 0 bridgehead atoms. The van der Waals surface area contributed by atoms with Crippen LogP contribution in [-0.2, 0) is 16.4 Å². The third-order valence-electron chi connectivity index (χ3n) is 3.08. The maximum atomic E-state index is 11.4. The first kappa shape index (κ1) is 16.5. The number of guanidine groups is 1. The summed E-state index contributed by atoms with van der Waals surface area (Å²) in [6.45, 7) is 4.73. The number of aliphatic imine (C=N–C) groups is 1. The van der Waals surface area contributed by atoms with Gasteiger partial charge in [0.25, 0.3) is 0 Å². The van der Waals surface area contributed by atoms with Gasteiger partial charge in [0.1, 0.15) is 0 Å². The Hall–Kier alpha value is -1.56. The summed E-state index contributed by atoms with van der Waals surface area (Å²) in [4.78, 5) is 4.08. The number of rotatable bonds is 6. The molecule has 20 heavy (non-hydrogen) atoms. The van der Waals surface area contributed by atoms with Gasteiger partial charge in [-0.15, -0.1) is 0 Å². The van der Waals surface area contributed by atoms with Crippen molar-refractivity contribution in [2.24, 2.45) is 4.99 Å². The van der Waals surface area contributed by atoms with Gasteiger partial charge in [0, 0.05) is 25.9 Å². The first-order chi connectivity index (χ1) is 9.48. The van der Waals surface area contributed by atoms with Crippen LogP contribution in [-0.4, -0.2) is 39.5 Å². The predicted octanol–water partition coefficient (Wildman–Crippen LogP) is 1.09. The van der Waals surface area contributed by atoms with Crippen LogP contribution in [0.1, 0.15) is 18.1 Å². The fourth-order valence-corrected chi connectivity index (χ4v) is 2.38. The summed E-state index contributed by atoms with van der Waals surface area (Å²) >= 11 is 0. The van der Waals surface area contributed by atoms with E-state index in [1.54, 1.807) is 14.0 Å². The van der Waals surface area contributed by atoms with Gasteiger partial charge >= 0.3 is 0 Å². The number of nitrogens with zero attached hydrogens (tertiary/aromatic N) is 1. The van der Waals surface area contributed by atoms with E-state index in [1.807, 2.05) is 12.1 Å². The van der Waals surface area contributed by atoms with Crippen molar-refractivity contribution in [2.75, 3.05) is 25.1 Å². The predicted molar refractivity (Wildman–Crippen MR) is 83.7 cm³/mol. The van der Waals surface area contributed by atoms with Crippen LogP contribution in [0.3, 0.4) is 0 Å². The largest absolute Gasteiger partial charge is 0.355 e. The zero-order valence-electron chi connectivity index (χ0n) is 12.3. The van der Waals surface area contributed by atoms with Crippen molar-refractivity contribution in [1.82, 2.24) is 10.6 Å². The third-order valence-corrected chi connectivity index (χ3v) is 4.78. The van der Waals surface area contributed by atoms with Crippen molar-refractivity contribution in [2.45, 2.75) is 20.4 Å². The molecule has 1 rings (SSSR count). The average molecular weight is 297 g/mol. The summed E-state index contributed by atoms with van der Waals surface area (Å²) < 4.78 is 22.8. The molecular formula is C14H23N3O2S. The molecule has 6 heteroatoms. The van der Waals surface area contributed by atoms with E-state index in [4.69, 9.17) is 0 Å². The summed E-state index contributed by atoms with van der Waals surface area (Å²) in [6.07, 6.45) is 0. The molecule has 0 aromatic heterocycles. The average Bonchev–Trinajstić information content (AvgIpc) is 2.44. The minimum atomic E-state index is -2.94. The smallest absolute Gasteiger partial charge is 0.191 e. The molecule has 0 radical (unpaired) electrons. The molecule has 0 saturated carbocycles. The van der Waals surface area contributed by atoms with Crippen LogP contribution in [0.25, 0.3) is 0 Å². The van der Waals surface area contributed by atoms with Crippen LogP contribution in [0.4, 0.5) is 0 Å². The molecule has 0 atom stereocenters. The fourth-order valence-electron chi connectivity index (χ4n) is 1.68. The lowest BCUT2D eigenvalue weighted by Crippen LogP contribution is -2.39. The van der Waals surface area contributed by atoms with Crippen LogP contribution in [0.15, 0.2) is 29.3 Å². The molecule has 0 saturated heterocycles. The maximum absolute atomic E-state index is 11.4. The lowest BCUT2D eigenvalue weighted by atomic mass is 10.1. The van der Waals surface area contributed by atoms with E-state index in [2.05, 4.69) is 34.7 Å². The number of benzene rings is 1. The Kier molecular flexibility index (Phi) is 6.51. The molecule has 0 aliphatic heterocycles. The minimum Gasteiger partial charge on any atom is -0.355 e. The Labute approximate surface area is 121 Å². The van der Waals surface area contributed by atoms with Gasteiger partial charge in [-0.3, -0.25) is 4.99 Å². The second kappa shape index (κ2) is 7.89.